The summed E-state index contributed by atoms with van der Waals surface area (Å²) in [6.07, 6.45) is 2.62. The summed E-state index contributed by atoms with van der Waals surface area (Å²) in [7, 11) is 4.55. The molecule has 1 aliphatic heterocycles. The van der Waals surface area contributed by atoms with Crippen LogP contribution in [0.25, 0.3) is 0 Å². The lowest BCUT2D eigenvalue weighted by Crippen LogP contribution is -2.32. The Morgan fingerprint density at radius 3 is 2.30 bits per heavy atom. The Balaban J connectivity index is 2.08. The van der Waals surface area contributed by atoms with Crippen molar-refractivity contribution in [2.24, 2.45) is 10.2 Å². The lowest BCUT2D eigenvalue weighted by molar-refractivity contribution is -0.121. The molecule has 23 heavy (non-hydrogen) atoms. The van der Waals surface area contributed by atoms with Crippen LogP contribution >= 0.6 is 0 Å². The van der Waals surface area contributed by atoms with Crippen LogP contribution in [0.3, 0.4) is 0 Å². The smallest absolute Gasteiger partial charge is 0.287 e. The van der Waals surface area contributed by atoms with Crippen LogP contribution < -0.4 is 19.5 Å². The van der Waals surface area contributed by atoms with Crippen LogP contribution in [0.4, 0.5) is 0 Å². The van der Waals surface area contributed by atoms with Gasteiger partial charge < -0.3 is 19.5 Å². The third kappa shape index (κ3) is 3.85. The number of hydrogen-bond donors (Lipinski definition) is 1. The van der Waals surface area contributed by atoms with E-state index in [1.165, 1.54) is 33.5 Å². The lowest BCUT2D eigenvalue weighted by Gasteiger charge is -2.15. The molecule has 0 bridgehead atoms. The molecule has 1 aliphatic rings. The summed E-state index contributed by atoms with van der Waals surface area (Å²) < 4.78 is 15.7. The molecule has 1 unspecified atom stereocenters. The Morgan fingerprint density at radius 2 is 1.83 bits per heavy atom. The van der Waals surface area contributed by atoms with E-state index in [9.17, 15) is 9.59 Å². The molecule has 0 fully saturated rings. The van der Waals surface area contributed by atoms with Crippen molar-refractivity contribution in [3.8, 4) is 17.2 Å². The molecule has 2 rings (SSSR count). The highest BCUT2D eigenvalue weighted by molar-refractivity contribution is 5.92. The highest BCUT2D eigenvalue weighted by Crippen LogP contribution is 2.38. The summed E-state index contributed by atoms with van der Waals surface area (Å²) in [5, 5.41) is 9.69. The van der Waals surface area contributed by atoms with Gasteiger partial charge in [0.2, 0.25) is 5.75 Å². The summed E-state index contributed by atoms with van der Waals surface area (Å²) in [4.78, 5) is 22.9. The van der Waals surface area contributed by atoms with Gasteiger partial charge in [-0.05, 0) is 23.8 Å². The fourth-order valence-electron chi connectivity index (χ4n) is 2.04. The number of benzene rings is 1. The Labute approximate surface area is 133 Å². The molecule has 0 saturated carbocycles. The standard InChI is InChI=1S/C15H17N3O5/c1-21-11-6-9(7-12(22-2)14(11)23-3)8-16-15(20)10-4-5-13(19)18-17-10/h4-7,10H,8H2,1-3H3,(H,16,20). The van der Waals surface area contributed by atoms with Crippen molar-refractivity contribution < 1.29 is 23.8 Å². The molecular formula is C15H17N3O5. The van der Waals surface area contributed by atoms with Gasteiger partial charge in [0.25, 0.3) is 11.8 Å². The quantitative estimate of drug-likeness (QED) is 0.850. The monoisotopic (exact) mass is 319 g/mol. The van der Waals surface area contributed by atoms with Crippen molar-refractivity contribution in [2.45, 2.75) is 12.6 Å². The summed E-state index contributed by atoms with van der Waals surface area (Å²) in [6.45, 7) is 0.239. The number of amides is 2. The maximum absolute atomic E-state index is 12.0. The van der Waals surface area contributed by atoms with Crippen LogP contribution in [0.5, 0.6) is 17.2 Å². The van der Waals surface area contributed by atoms with E-state index in [4.69, 9.17) is 14.2 Å². The molecule has 1 aromatic carbocycles. The highest BCUT2D eigenvalue weighted by atomic mass is 16.5. The average molecular weight is 319 g/mol. The van der Waals surface area contributed by atoms with Gasteiger partial charge in [0, 0.05) is 12.6 Å². The summed E-state index contributed by atoms with van der Waals surface area (Å²) in [5.41, 5.74) is 0.764. The molecule has 0 radical (unpaired) electrons. The van der Waals surface area contributed by atoms with Crippen LogP contribution in [0.2, 0.25) is 0 Å². The molecule has 0 saturated heterocycles. The van der Waals surface area contributed by atoms with Gasteiger partial charge >= 0.3 is 0 Å². The first-order valence-corrected chi connectivity index (χ1v) is 6.78. The normalized spacial score (nSPS) is 16.1. The first kappa shape index (κ1) is 16.5. The Hall–Kier alpha value is -2.90. The molecule has 8 nitrogen and oxygen atoms in total. The Bertz CT molecular complexity index is 628. The highest BCUT2D eigenvalue weighted by Gasteiger charge is 2.19. The molecule has 1 aromatic rings. The Morgan fingerprint density at radius 1 is 1.17 bits per heavy atom. The first-order chi connectivity index (χ1) is 11.1. The number of methoxy groups -OCH3 is 3. The second kappa shape index (κ2) is 7.39. The predicted molar refractivity (Wildman–Crippen MR) is 80.7 cm³/mol. The SMILES string of the molecule is COc1cc(CNC(=O)C2C=CC(=O)N=N2)cc(OC)c1OC. The number of azo groups is 1. The fourth-order valence-corrected chi connectivity index (χ4v) is 2.04. The van der Waals surface area contributed by atoms with E-state index < -0.39 is 11.9 Å². The summed E-state index contributed by atoms with van der Waals surface area (Å²) in [5.74, 6) is 0.649. The first-order valence-electron chi connectivity index (χ1n) is 6.78. The largest absolute Gasteiger partial charge is 0.493 e. The van der Waals surface area contributed by atoms with E-state index >= 15 is 0 Å². The number of hydrogen-bond acceptors (Lipinski definition) is 6. The molecule has 0 spiro atoms. The van der Waals surface area contributed by atoms with E-state index in [-0.39, 0.29) is 12.5 Å². The molecular weight excluding hydrogens is 302 g/mol. The second-order valence-corrected chi connectivity index (χ2v) is 4.61. The van der Waals surface area contributed by atoms with Crippen LogP contribution in [0, 0.1) is 0 Å². The molecule has 0 aliphatic carbocycles. The zero-order chi connectivity index (χ0) is 16.8. The zero-order valence-electron chi connectivity index (χ0n) is 13.0. The maximum atomic E-state index is 12.0. The van der Waals surface area contributed by atoms with Crippen molar-refractivity contribution in [1.82, 2.24) is 5.32 Å². The minimum Gasteiger partial charge on any atom is -0.493 e. The molecule has 1 atom stereocenters. The van der Waals surface area contributed by atoms with Gasteiger partial charge in [-0.3, -0.25) is 9.59 Å². The molecule has 8 heteroatoms. The minimum absolute atomic E-state index is 0.239. The van der Waals surface area contributed by atoms with Gasteiger partial charge in [0.15, 0.2) is 17.5 Å². The average Bonchev–Trinajstić information content (AvgIpc) is 2.59. The lowest BCUT2D eigenvalue weighted by atomic mass is 10.1. The van der Waals surface area contributed by atoms with Crippen molar-refractivity contribution in [3.63, 3.8) is 0 Å². The van der Waals surface area contributed by atoms with Crippen molar-refractivity contribution in [3.05, 3.63) is 29.8 Å². The third-order valence-electron chi connectivity index (χ3n) is 3.16. The van der Waals surface area contributed by atoms with E-state index in [1.54, 1.807) is 12.1 Å². The van der Waals surface area contributed by atoms with E-state index in [2.05, 4.69) is 15.5 Å². The van der Waals surface area contributed by atoms with Gasteiger partial charge in [-0.1, -0.05) is 0 Å². The molecule has 0 aromatic heterocycles. The van der Waals surface area contributed by atoms with E-state index in [0.29, 0.717) is 17.2 Å². The molecule has 2 amide bonds. The number of nitrogens with one attached hydrogen (secondary N) is 1. The van der Waals surface area contributed by atoms with E-state index in [1.807, 2.05) is 0 Å². The van der Waals surface area contributed by atoms with Crippen LogP contribution in [0.15, 0.2) is 34.5 Å². The molecule has 122 valence electrons. The van der Waals surface area contributed by atoms with Crippen LogP contribution in [0.1, 0.15) is 5.56 Å². The van der Waals surface area contributed by atoms with Crippen molar-refractivity contribution in [1.29, 1.82) is 0 Å². The third-order valence-corrected chi connectivity index (χ3v) is 3.16. The van der Waals surface area contributed by atoms with Gasteiger partial charge in [-0.15, -0.1) is 5.11 Å². The number of nitrogens with zero attached hydrogens (tertiary/aromatic N) is 2. The summed E-state index contributed by atoms with van der Waals surface area (Å²) in [6, 6.07) is 2.68. The molecule has 1 heterocycles. The van der Waals surface area contributed by atoms with Crippen molar-refractivity contribution in [2.75, 3.05) is 21.3 Å². The maximum Gasteiger partial charge on any atom is 0.287 e. The summed E-state index contributed by atoms with van der Waals surface area (Å²) >= 11 is 0. The minimum atomic E-state index is -0.797. The van der Waals surface area contributed by atoms with Crippen LogP contribution in [-0.4, -0.2) is 39.2 Å². The topological polar surface area (TPSA) is 98.6 Å². The second-order valence-electron chi connectivity index (χ2n) is 4.61. The van der Waals surface area contributed by atoms with Crippen LogP contribution in [-0.2, 0) is 16.1 Å². The zero-order valence-corrected chi connectivity index (χ0v) is 13.0. The fraction of sp³-hybridized carbons (Fsp3) is 0.333. The van der Waals surface area contributed by atoms with Gasteiger partial charge in [-0.2, -0.15) is 5.11 Å². The predicted octanol–water partition coefficient (Wildman–Crippen LogP) is 1.25. The Kier molecular flexibility index (Phi) is 5.29. The van der Waals surface area contributed by atoms with E-state index in [0.717, 1.165) is 5.56 Å². The number of ether oxygens (including phenoxy) is 3. The number of carbonyl (C=O) groups is 2. The van der Waals surface area contributed by atoms with Gasteiger partial charge in [-0.25, -0.2) is 0 Å². The number of carbonyl (C=O) groups excluding carboxylic acids is 2. The molecule has 1 N–H and O–H groups in total. The van der Waals surface area contributed by atoms with Gasteiger partial charge in [0.1, 0.15) is 0 Å². The van der Waals surface area contributed by atoms with Crippen molar-refractivity contribution >= 4 is 11.8 Å². The van der Waals surface area contributed by atoms with Gasteiger partial charge in [0.05, 0.1) is 21.3 Å². The number of rotatable bonds is 6.